The third-order valence-electron chi connectivity index (χ3n) is 2.81. The van der Waals surface area contributed by atoms with Crippen molar-refractivity contribution in [3.05, 3.63) is 61.1 Å². The highest BCUT2D eigenvalue weighted by Gasteiger charge is 2.13. The Labute approximate surface area is 114 Å². The van der Waals surface area contributed by atoms with Crippen LogP contribution in [0.2, 0.25) is 0 Å². The lowest BCUT2D eigenvalue weighted by atomic mass is 10.1. The Kier molecular flexibility index (Phi) is 3.30. The van der Waals surface area contributed by atoms with E-state index in [0.717, 1.165) is 27.9 Å². The van der Waals surface area contributed by atoms with Crippen LogP contribution in [0.5, 0.6) is 0 Å². The Bertz CT molecular complexity index is 684. The molecule has 0 N–H and O–H groups in total. The number of nitrogens with zero attached hydrogens (tertiary/aromatic N) is 3. The smallest absolute Gasteiger partial charge is 0.0986 e. The summed E-state index contributed by atoms with van der Waals surface area (Å²) in [5.41, 5.74) is 3.62. The third-order valence-corrected chi connectivity index (χ3v) is 3.29. The predicted octanol–water partition coefficient (Wildman–Crippen LogP) is 2.71. The molecule has 0 aliphatic rings. The van der Waals surface area contributed by atoms with Crippen LogP contribution in [-0.2, 0) is 0 Å². The highest BCUT2D eigenvalue weighted by atomic mass is 31.0. The van der Waals surface area contributed by atoms with Crippen LogP contribution in [0.15, 0.2) is 61.1 Å². The lowest BCUT2D eigenvalue weighted by molar-refractivity contribution is 1.24. The van der Waals surface area contributed by atoms with Gasteiger partial charge in [0.2, 0.25) is 0 Å². The summed E-state index contributed by atoms with van der Waals surface area (Å²) in [6, 6.07) is 13.6. The van der Waals surface area contributed by atoms with Gasteiger partial charge in [-0.3, -0.25) is 15.0 Å². The molecule has 0 radical (unpaired) electrons. The van der Waals surface area contributed by atoms with Crippen LogP contribution in [0, 0.1) is 0 Å². The number of rotatable bonds is 2. The zero-order chi connectivity index (χ0) is 13.1. The van der Waals surface area contributed by atoms with Crippen LogP contribution in [0.1, 0.15) is 0 Å². The Morgan fingerprint density at radius 2 is 1.37 bits per heavy atom. The normalized spacial score (nSPS) is 10.4. The first-order valence-corrected chi connectivity index (χ1v) is 6.51. The second kappa shape index (κ2) is 5.25. The number of pyridine rings is 3. The van der Waals surface area contributed by atoms with Crippen LogP contribution in [0.3, 0.4) is 0 Å². The fraction of sp³-hybridized carbons (Fsp3) is 0. The molecule has 92 valence electrons. The summed E-state index contributed by atoms with van der Waals surface area (Å²) >= 11 is 0. The lowest BCUT2D eigenvalue weighted by Crippen LogP contribution is -2.03. The van der Waals surface area contributed by atoms with E-state index in [-0.39, 0.29) is 0 Å². The zero-order valence-corrected chi connectivity index (χ0v) is 11.3. The molecule has 0 fully saturated rings. The van der Waals surface area contributed by atoms with E-state index in [9.17, 15) is 0 Å². The largest absolute Gasteiger partial charge is 0.256 e. The topological polar surface area (TPSA) is 38.7 Å². The molecule has 4 heteroatoms. The molecule has 0 spiro atoms. The highest BCUT2D eigenvalue weighted by molar-refractivity contribution is 7.28. The minimum atomic E-state index is 0.854. The Morgan fingerprint density at radius 3 is 2.00 bits per heavy atom. The molecule has 0 aliphatic heterocycles. The van der Waals surface area contributed by atoms with Crippen LogP contribution in [0.4, 0.5) is 0 Å². The lowest BCUT2D eigenvalue weighted by Gasteiger charge is -2.10. The van der Waals surface area contributed by atoms with Gasteiger partial charge in [0, 0.05) is 24.2 Å². The molecule has 0 saturated heterocycles. The summed E-state index contributed by atoms with van der Waals surface area (Å²) < 4.78 is 0. The minimum absolute atomic E-state index is 0.854. The van der Waals surface area contributed by atoms with Gasteiger partial charge in [0.05, 0.1) is 17.1 Å². The van der Waals surface area contributed by atoms with Gasteiger partial charge in [-0.15, -0.1) is 9.24 Å². The molecule has 3 aromatic heterocycles. The van der Waals surface area contributed by atoms with Gasteiger partial charge in [-0.25, -0.2) is 0 Å². The van der Waals surface area contributed by atoms with Crippen LogP contribution < -0.4 is 5.30 Å². The second-order valence-electron chi connectivity index (χ2n) is 4.05. The summed E-state index contributed by atoms with van der Waals surface area (Å²) in [5.74, 6) is 0. The van der Waals surface area contributed by atoms with Gasteiger partial charge >= 0.3 is 0 Å². The molecule has 3 nitrogen and oxygen atoms in total. The van der Waals surface area contributed by atoms with Gasteiger partial charge in [-0.1, -0.05) is 12.1 Å². The van der Waals surface area contributed by atoms with E-state index in [1.54, 1.807) is 18.6 Å². The summed E-state index contributed by atoms with van der Waals surface area (Å²) in [4.78, 5) is 13.3. The van der Waals surface area contributed by atoms with Crippen molar-refractivity contribution in [3.8, 4) is 22.6 Å². The van der Waals surface area contributed by atoms with E-state index >= 15 is 0 Å². The van der Waals surface area contributed by atoms with E-state index in [1.807, 2.05) is 42.5 Å². The molecule has 3 aromatic rings. The molecular formula is C15H12N3P. The van der Waals surface area contributed by atoms with Crippen molar-refractivity contribution >= 4 is 14.5 Å². The van der Waals surface area contributed by atoms with Crippen molar-refractivity contribution in [3.63, 3.8) is 0 Å². The van der Waals surface area contributed by atoms with Gasteiger partial charge in [-0.2, -0.15) is 0 Å². The number of hydrogen-bond donors (Lipinski definition) is 0. The molecule has 1 unspecified atom stereocenters. The third kappa shape index (κ3) is 2.38. The summed E-state index contributed by atoms with van der Waals surface area (Å²) in [6.45, 7) is 0. The van der Waals surface area contributed by atoms with Gasteiger partial charge in [-0.05, 0) is 35.6 Å². The molecule has 0 bridgehead atoms. The van der Waals surface area contributed by atoms with Gasteiger partial charge < -0.3 is 0 Å². The van der Waals surface area contributed by atoms with Crippen LogP contribution in [-0.4, -0.2) is 15.0 Å². The van der Waals surface area contributed by atoms with Crippen molar-refractivity contribution in [2.24, 2.45) is 0 Å². The van der Waals surface area contributed by atoms with Gasteiger partial charge in [0.25, 0.3) is 0 Å². The molecule has 0 aliphatic carbocycles. The maximum atomic E-state index is 4.47. The molecule has 3 heterocycles. The molecular weight excluding hydrogens is 253 g/mol. The van der Waals surface area contributed by atoms with Crippen molar-refractivity contribution < 1.29 is 0 Å². The van der Waals surface area contributed by atoms with Crippen molar-refractivity contribution in [2.45, 2.75) is 0 Å². The first-order valence-electron chi connectivity index (χ1n) is 5.93. The highest BCUT2D eigenvalue weighted by Crippen LogP contribution is 2.26. The molecule has 3 rings (SSSR count). The van der Waals surface area contributed by atoms with E-state index in [0.29, 0.717) is 0 Å². The van der Waals surface area contributed by atoms with Gasteiger partial charge in [0.1, 0.15) is 0 Å². The fourth-order valence-corrected chi connectivity index (χ4v) is 2.32. The average Bonchev–Trinajstić information content (AvgIpc) is 2.49. The van der Waals surface area contributed by atoms with E-state index in [1.165, 1.54) is 0 Å². The zero-order valence-electron chi connectivity index (χ0n) is 10.2. The predicted molar refractivity (Wildman–Crippen MR) is 80.0 cm³/mol. The Balaban J connectivity index is 2.25. The van der Waals surface area contributed by atoms with Gasteiger partial charge in [0.15, 0.2) is 0 Å². The second-order valence-corrected chi connectivity index (χ2v) is 4.68. The quantitative estimate of drug-likeness (QED) is 0.669. The Morgan fingerprint density at radius 1 is 0.684 bits per heavy atom. The van der Waals surface area contributed by atoms with E-state index in [2.05, 4.69) is 24.2 Å². The molecule has 19 heavy (non-hydrogen) atoms. The fourth-order valence-electron chi connectivity index (χ4n) is 1.95. The molecule has 1 atom stereocenters. The van der Waals surface area contributed by atoms with Crippen molar-refractivity contribution in [2.75, 3.05) is 0 Å². The SMILES string of the molecule is Pc1ccnc(-c2ccccn2)c1-c1ccccn1. The molecule has 0 aromatic carbocycles. The first kappa shape index (κ1) is 11.9. The van der Waals surface area contributed by atoms with Crippen molar-refractivity contribution in [1.82, 2.24) is 15.0 Å². The molecule has 0 saturated carbocycles. The molecule has 0 amide bonds. The van der Waals surface area contributed by atoms with Crippen LogP contribution in [0.25, 0.3) is 22.6 Å². The first-order chi connectivity index (χ1) is 9.36. The summed E-state index contributed by atoms with van der Waals surface area (Å²) in [7, 11) is 2.74. The maximum Gasteiger partial charge on any atom is 0.0986 e. The summed E-state index contributed by atoms with van der Waals surface area (Å²) in [6.07, 6.45) is 5.35. The average molecular weight is 265 g/mol. The summed E-state index contributed by atoms with van der Waals surface area (Å²) in [5, 5.41) is 1.06. The maximum absolute atomic E-state index is 4.47. The Hall–Kier alpha value is -2.12. The minimum Gasteiger partial charge on any atom is -0.256 e. The number of hydrogen-bond acceptors (Lipinski definition) is 3. The van der Waals surface area contributed by atoms with Crippen molar-refractivity contribution in [1.29, 1.82) is 0 Å². The standard InChI is InChI=1S/C15H12N3P/c19-13-7-10-18-15(12-6-2-4-9-17-12)14(13)11-5-1-3-8-16-11/h1-10H,19H2. The van der Waals surface area contributed by atoms with Crippen LogP contribution >= 0.6 is 9.24 Å². The number of aromatic nitrogens is 3. The monoisotopic (exact) mass is 265 g/mol. The van der Waals surface area contributed by atoms with E-state index in [4.69, 9.17) is 0 Å². The van der Waals surface area contributed by atoms with E-state index < -0.39 is 0 Å².